The third-order valence-electron chi connectivity index (χ3n) is 3.67. The highest BCUT2D eigenvalue weighted by atomic mass is 16.5. The van der Waals surface area contributed by atoms with Crippen LogP contribution in [0.4, 0.5) is 0 Å². The second-order valence-corrected chi connectivity index (χ2v) is 4.98. The number of benzene rings is 1. The fourth-order valence-corrected chi connectivity index (χ4v) is 2.37. The first-order valence-corrected chi connectivity index (χ1v) is 6.91. The number of hydrogen-bond acceptors (Lipinski definition) is 4. The van der Waals surface area contributed by atoms with E-state index in [9.17, 15) is 4.79 Å². The van der Waals surface area contributed by atoms with E-state index in [1.807, 2.05) is 24.3 Å². The molecule has 0 amide bonds. The zero-order chi connectivity index (χ0) is 14.4. The number of aliphatic carboxylic acids is 1. The number of methoxy groups -OCH3 is 1. The molecule has 1 N–H and O–H groups in total. The summed E-state index contributed by atoms with van der Waals surface area (Å²) in [4.78, 5) is 13.1. The number of rotatable bonds is 6. The van der Waals surface area contributed by atoms with E-state index in [0.29, 0.717) is 6.61 Å². The van der Waals surface area contributed by atoms with Gasteiger partial charge in [0.2, 0.25) is 0 Å². The van der Waals surface area contributed by atoms with Crippen LogP contribution in [-0.2, 0) is 4.79 Å². The minimum atomic E-state index is -0.667. The topological polar surface area (TPSA) is 59.0 Å². The van der Waals surface area contributed by atoms with Gasteiger partial charge in [0.15, 0.2) is 0 Å². The van der Waals surface area contributed by atoms with Crippen LogP contribution in [0.2, 0.25) is 0 Å². The molecule has 0 radical (unpaired) electrons. The van der Waals surface area contributed by atoms with Crippen LogP contribution in [0.3, 0.4) is 0 Å². The first kappa shape index (κ1) is 14.7. The number of carboxylic acid groups (broad SMARTS) is 1. The van der Waals surface area contributed by atoms with Gasteiger partial charge in [-0.15, -0.1) is 0 Å². The molecular weight excluding hydrogens is 258 g/mol. The summed E-state index contributed by atoms with van der Waals surface area (Å²) in [6.07, 6.45) is 1.47. The highest BCUT2D eigenvalue weighted by molar-refractivity contribution is 5.70. The lowest BCUT2D eigenvalue weighted by molar-refractivity contribution is -0.143. The van der Waals surface area contributed by atoms with E-state index in [1.165, 1.54) is 0 Å². The van der Waals surface area contributed by atoms with Gasteiger partial charge >= 0.3 is 5.97 Å². The molecule has 1 aliphatic rings. The fraction of sp³-hybridized carbons (Fsp3) is 0.533. The Balaban J connectivity index is 1.67. The van der Waals surface area contributed by atoms with E-state index in [1.54, 1.807) is 7.11 Å². The number of carboxylic acids is 1. The SMILES string of the molecule is COc1ccc(OCCN2CCC(C(=O)O)CC2)cc1. The van der Waals surface area contributed by atoms with Gasteiger partial charge in [-0.2, -0.15) is 0 Å². The van der Waals surface area contributed by atoms with Gasteiger partial charge in [0.1, 0.15) is 18.1 Å². The third-order valence-corrected chi connectivity index (χ3v) is 3.67. The monoisotopic (exact) mass is 279 g/mol. The Bertz CT molecular complexity index is 424. The Morgan fingerprint density at radius 2 is 1.85 bits per heavy atom. The van der Waals surface area contributed by atoms with Crippen molar-refractivity contribution < 1.29 is 19.4 Å². The second kappa shape index (κ2) is 7.14. The average Bonchev–Trinajstić information content (AvgIpc) is 2.48. The van der Waals surface area contributed by atoms with Crippen LogP contribution >= 0.6 is 0 Å². The summed E-state index contributed by atoms with van der Waals surface area (Å²) in [5, 5.41) is 8.94. The van der Waals surface area contributed by atoms with Crippen molar-refractivity contribution in [3.05, 3.63) is 24.3 Å². The lowest BCUT2D eigenvalue weighted by Crippen LogP contribution is -2.38. The van der Waals surface area contributed by atoms with Crippen LogP contribution in [0.1, 0.15) is 12.8 Å². The summed E-state index contributed by atoms with van der Waals surface area (Å²) in [7, 11) is 1.64. The van der Waals surface area contributed by atoms with Crippen LogP contribution in [0.5, 0.6) is 11.5 Å². The molecule has 0 spiro atoms. The van der Waals surface area contributed by atoms with Gasteiger partial charge in [-0.1, -0.05) is 0 Å². The predicted molar refractivity (Wildman–Crippen MR) is 75.3 cm³/mol. The van der Waals surface area contributed by atoms with Gasteiger partial charge in [-0.3, -0.25) is 9.69 Å². The molecule has 1 saturated heterocycles. The van der Waals surface area contributed by atoms with Crippen molar-refractivity contribution in [3.63, 3.8) is 0 Å². The summed E-state index contributed by atoms with van der Waals surface area (Å²) >= 11 is 0. The van der Waals surface area contributed by atoms with E-state index < -0.39 is 5.97 Å². The second-order valence-electron chi connectivity index (χ2n) is 4.98. The molecule has 1 aliphatic heterocycles. The van der Waals surface area contributed by atoms with Crippen LogP contribution in [0.15, 0.2) is 24.3 Å². The van der Waals surface area contributed by atoms with E-state index in [0.717, 1.165) is 44.0 Å². The minimum absolute atomic E-state index is 0.172. The van der Waals surface area contributed by atoms with Crippen molar-refractivity contribution in [2.45, 2.75) is 12.8 Å². The fourth-order valence-electron chi connectivity index (χ4n) is 2.37. The summed E-state index contributed by atoms with van der Waals surface area (Å²) in [6, 6.07) is 7.51. The molecule has 110 valence electrons. The molecule has 20 heavy (non-hydrogen) atoms. The van der Waals surface area contributed by atoms with Crippen LogP contribution in [0, 0.1) is 5.92 Å². The smallest absolute Gasteiger partial charge is 0.306 e. The van der Waals surface area contributed by atoms with Crippen LogP contribution in [-0.4, -0.2) is 49.3 Å². The molecule has 0 unspecified atom stereocenters. The lowest BCUT2D eigenvalue weighted by atomic mass is 9.97. The number of piperidine rings is 1. The quantitative estimate of drug-likeness (QED) is 0.861. The summed E-state index contributed by atoms with van der Waals surface area (Å²) in [5.41, 5.74) is 0. The van der Waals surface area contributed by atoms with Crippen molar-refractivity contribution in [1.82, 2.24) is 4.90 Å². The van der Waals surface area contributed by atoms with E-state index in [2.05, 4.69) is 4.90 Å². The molecule has 2 rings (SSSR count). The van der Waals surface area contributed by atoms with E-state index in [-0.39, 0.29) is 5.92 Å². The first-order chi connectivity index (χ1) is 9.69. The lowest BCUT2D eigenvalue weighted by Gasteiger charge is -2.29. The molecular formula is C15H21NO4. The Labute approximate surface area is 119 Å². The first-order valence-electron chi connectivity index (χ1n) is 6.91. The zero-order valence-electron chi connectivity index (χ0n) is 11.7. The predicted octanol–water partition coefficient (Wildman–Crippen LogP) is 1.87. The maximum absolute atomic E-state index is 10.9. The summed E-state index contributed by atoms with van der Waals surface area (Å²) in [6.45, 7) is 3.12. The zero-order valence-corrected chi connectivity index (χ0v) is 11.7. The Hall–Kier alpha value is -1.75. The number of nitrogens with zero attached hydrogens (tertiary/aromatic N) is 1. The van der Waals surface area contributed by atoms with Gasteiger partial charge in [0.05, 0.1) is 13.0 Å². The van der Waals surface area contributed by atoms with Gasteiger partial charge in [0, 0.05) is 6.54 Å². The Morgan fingerprint density at radius 1 is 1.25 bits per heavy atom. The number of likely N-dealkylation sites (tertiary alicyclic amines) is 1. The largest absolute Gasteiger partial charge is 0.497 e. The molecule has 0 atom stereocenters. The number of ether oxygens (including phenoxy) is 2. The molecule has 5 heteroatoms. The van der Waals surface area contributed by atoms with Crippen LogP contribution in [0.25, 0.3) is 0 Å². The Morgan fingerprint density at radius 3 is 2.40 bits per heavy atom. The van der Waals surface area contributed by atoms with Crippen molar-refractivity contribution in [2.24, 2.45) is 5.92 Å². The summed E-state index contributed by atoms with van der Waals surface area (Å²) < 4.78 is 10.8. The van der Waals surface area contributed by atoms with Crippen molar-refractivity contribution >= 4 is 5.97 Å². The molecule has 1 fully saturated rings. The molecule has 1 aromatic rings. The molecule has 0 saturated carbocycles. The maximum atomic E-state index is 10.9. The molecule has 0 aliphatic carbocycles. The van der Waals surface area contributed by atoms with Crippen LogP contribution < -0.4 is 9.47 Å². The molecule has 1 heterocycles. The van der Waals surface area contributed by atoms with Crippen molar-refractivity contribution in [2.75, 3.05) is 33.4 Å². The van der Waals surface area contributed by atoms with Gasteiger partial charge in [-0.05, 0) is 50.2 Å². The maximum Gasteiger partial charge on any atom is 0.306 e. The number of hydrogen-bond donors (Lipinski definition) is 1. The van der Waals surface area contributed by atoms with Crippen molar-refractivity contribution in [1.29, 1.82) is 0 Å². The van der Waals surface area contributed by atoms with Gasteiger partial charge < -0.3 is 14.6 Å². The summed E-state index contributed by atoms with van der Waals surface area (Å²) in [5.74, 6) is 0.798. The standard InChI is InChI=1S/C15H21NO4/c1-19-13-2-4-14(5-3-13)20-11-10-16-8-6-12(7-9-16)15(17)18/h2-5,12H,6-11H2,1H3,(H,17,18). The molecule has 1 aromatic carbocycles. The third kappa shape index (κ3) is 4.13. The Kier molecular flexibility index (Phi) is 5.24. The molecule has 5 nitrogen and oxygen atoms in total. The van der Waals surface area contributed by atoms with Gasteiger partial charge in [0.25, 0.3) is 0 Å². The highest BCUT2D eigenvalue weighted by Gasteiger charge is 2.23. The van der Waals surface area contributed by atoms with E-state index in [4.69, 9.17) is 14.6 Å². The minimum Gasteiger partial charge on any atom is -0.497 e. The van der Waals surface area contributed by atoms with E-state index >= 15 is 0 Å². The normalized spacial score (nSPS) is 16.9. The molecule has 0 aromatic heterocycles. The average molecular weight is 279 g/mol. The van der Waals surface area contributed by atoms with Gasteiger partial charge in [-0.25, -0.2) is 0 Å². The molecule has 0 bridgehead atoms. The highest BCUT2D eigenvalue weighted by Crippen LogP contribution is 2.18. The number of carbonyl (C=O) groups is 1. The van der Waals surface area contributed by atoms with Crippen molar-refractivity contribution in [3.8, 4) is 11.5 Å².